The van der Waals surface area contributed by atoms with E-state index < -0.39 is 0 Å². The molecule has 1 fully saturated rings. The number of carbonyl (C=O) groups is 1. The molecule has 1 amide bonds. The monoisotopic (exact) mass is 374 g/mol. The topological polar surface area (TPSA) is 62.6 Å². The molecule has 2 bridgehead atoms. The van der Waals surface area contributed by atoms with E-state index in [1.807, 2.05) is 59.5 Å². The van der Waals surface area contributed by atoms with Crippen LogP contribution in [0.1, 0.15) is 23.1 Å². The van der Waals surface area contributed by atoms with Crippen molar-refractivity contribution in [3.05, 3.63) is 82.9 Å². The maximum Gasteiger partial charge on any atom is 0.411 e. The highest BCUT2D eigenvalue weighted by atomic mass is 16.6. The fraction of sp³-hybridized carbons (Fsp3) is 0.304. The molecule has 2 aromatic carbocycles. The molecule has 0 radical (unpaired) electrons. The molecule has 0 spiro atoms. The number of nitriles is 1. The van der Waals surface area contributed by atoms with Crippen molar-refractivity contribution in [2.45, 2.75) is 31.5 Å². The van der Waals surface area contributed by atoms with E-state index in [9.17, 15) is 4.79 Å². The van der Waals surface area contributed by atoms with Crippen LogP contribution in [-0.2, 0) is 22.5 Å². The van der Waals surface area contributed by atoms with Crippen molar-refractivity contribution in [1.29, 1.82) is 5.26 Å². The molecular weight excluding hydrogens is 352 g/mol. The highest BCUT2D eigenvalue weighted by molar-refractivity contribution is 5.69. The number of fused-ring (bicyclic) bond motifs is 2. The maximum absolute atomic E-state index is 12.7. The van der Waals surface area contributed by atoms with Crippen molar-refractivity contribution < 1.29 is 14.3 Å². The fourth-order valence-corrected chi connectivity index (χ4v) is 3.91. The second-order valence-corrected chi connectivity index (χ2v) is 7.22. The van der Waals surface area contributed by atoms with Crippen LogP contribution in [0.25, 0.3) is 0 Å². The summed E-state index contributed by atoms with van der Waals surface area (Å²) >= 11 is 0. The number of nitrogens with zero attached hydrogens (tertiary/aromatic N) is 2. The summed E-state index contributed by atoms with van der Waals surface area (Å²) in [6.07, 6.45) is 3.38. The molecule has 142 valence electrons. The minimum atomic E-state index is -0.288. The van der Waals surface area contributed by atoms with Crippen LogP contribution < -0.4 is 0 Å². The summed E-state index contributed by atoms with van der Waals surface area (Å²) in [6.45, 7) is 1.28. The Bertz CT molecular complexity index is 917. The summed E-state index contributed by atoms with van der Waals surface area (Å²) < 4.78 is 11.2. The lowest BCUT2D eigenvalue weighted by Crippen LogP contribution is -2.56. The van der Waals surface area contributed by atoms with Gasteiger partial charge in [-0.15, -0.1) is 0 Å². The average Bonchev–Trinajstić information content (AvgIpc) is 2.72. The number of morpholine rings is 1. The van der Waals surface area contributed by atoms with Gasteiger partial charge < -0.3 is 9.47 Å². The van der Waals surface area contributed by atoms with E-state index in [0.29, 0.717) is 18.8 Å². The molecule has 2 heterocycles. The highest BCUT2D eigenvalue weighted by Gasteiger charge is 2.38. The zero-order valence-corrected chi connectivity index (χ0v) is 15.6. The fourth-order valence-electron chi connectivity index (χ4n) is 3.91. The third-order valence-corrected chi connectivity index (χ3v) is 5.18. The second kappa shape index (κ2) is 8.28. The summed E-state index contributed by atoms with van der Waals surface area (Å²) in [7, 11) is 0. The van der Waals surface area contributed by atoms with Crippen molar-refractivity contribution in [3.8, 4) is 6.07 Å². The lowest BCUT2D eigenvalue weighted by molar-refractivity contribution is -0.0374. The van der Waals surface area contributed by atoms with Gasteiger partial charge in [0.15, 0.2) is 0 Å². The number of carbonyl (C=O) groups excluding carboxylic acids is 1. The first-order valence-corrected chi connectivity index (χ1v) is 9.48. The summed E-state index contributed by atoms with van der Waals surface area (Å²) in [4.78, 5) is 14.5. The van der Waals surface area contributed by atoms with Crippen LogP contribution in [-0.4, -0.2) is 36.3 Å². The van der Waals surface area contributed by atoms with Crippen molar-refractivity contribution in [2.24, 2.45) is 0 Å². The van der Waals surface area contributed by atoms with Gasteiger partial charge in [0, 0.05) is 0 Å². The summed E-state index contributed by atoms with van der Waals surface area (Å²) in [6, 6.07) is 19.4. The number of hydrogen-bond donors (Lipinski definition) is 0. The zero-order chi connectivity index (χ0) is 19.3. The molecule has 2 aliphatic heterocycles. The van der Waals surface area contributed by atoms with Crippen LogP contribution in [0, 0.1) is 11.3 Å². The Morgan fingerprint density at radius 1 is 1.14 bits per heavy atom. The number of hydrogen-bond acceptors (Lipinski definition) is 4. The Morgan fingerprint density at radius 2 is 1.96 bits per heavy atom. The van der Waals surface area contributed by atoms with E-state index in [4.69, 9.17) is 14.7 Å². The molecule has 2 unspecified atom stereocenters. The van der Waals surface area contributed by atoms with Crippen molar-refractivity contribution in [1.82, 2.24) is 4.90 Å². The minimum Gasteiger partial charge on any atom is -0.445 e. The van der Waals surface area contributed by atoms with Crippen LogP contribution in [0.5, 0.6) is 0 Å². The van der Waals surface area contributed by atoms with Gasteiger partial charge in [-0.25, -0.2) is 4.79 Å². The SMILES string of the molecule is N#Cc1cccc(CC2=CC3COCC(C2)N3C(=O)OCc2ccccc2)c1. The summed E-state index contributed by atoms with van der Waals surface area (Å²) in [5, 5.41) is 9.09. The molecule has 28 heavy (non-hydrogen) atoms. The molecule has 2 atom stereocenters. The van der Waals surface area contributed by atoms with Gasteiger partial charge in [-0.2, -0.15) is 5.26 Å². The van der Waals surface area contributed by atoms with Crippen LogP contribution in [0.4, 0.5) is 4.79 Å². The van der Waals surface area contributed by atoms with Crippen molar-refractivity contribution >= 4 is 6.09 Å². The van der Waals surface area contributed by atoms with E-state index in [1.54, 1.807) is 0 Å². The minimum absolute atomic E-state index is 0.0128. The summed E-state index contributed by atoms with van der Waals surface area (Å²) in [5.74, 6) is 0. The van der Waals surface area contributed by atoms with Crippen LogP contribution in [0.3, 0.4) is 0 Å². The van der Waals surface area contributed by atoms with E-state index in [-0.39, 0.29) is 24.8 Å². The normalized spacial score (nSPS) is 20.8. The predicted molar refractivity (Wildman–Crippen MR) is 104 cm³/mol. The highest BCUT2D eigenvalue weighted by Crippen LogP contribution is 2.29. The first-order chi connectivity index (χ1) is 13.7. The molecule has 4 rings (SSSR count). The van der Waals surface area contributed by atoms with Crippen LogP contribution in [0.15, 0.2) is 66.2 Å². The zero-order valence-electron chi connectivity index (χ0n) is 15.6. The van der Waals surface area contributed by atoms with Gasteiger partial charge in [-0.3, -0.25) is 4.90 Å². The lowest BCUT2D eigenvalue weighted by Gasteiger charge is -2.43. The average molecular weight is 374 g/mol. The molecule has 1 saturated heterocycles. The molecular formula is C23H22N2O3. The second-order valence-electron chi connectivity index (χ2n) is 7.22. The first kappa shape index (κ1) is 18.3. The van der Waals surface area contributed by atoms with Gasteiger partial charge in [0.2, 0.25) is 0 Å². The number of rotatable bonds is 4. The number of amides is 1. The Kier molecular flexibility index (Phi) is 5.41. The molecule has 5 nitrogen and oxygen atoms in total. The van der Waals surface area contributed by atoms with Gasteiger partial charge in [0.25, 0.3) is 0 Å². The smallest absolute Gasteiger partial charge is 0.411 e. The summed E-state index contributed by atoms with van der Waals surface area (Å²) in [5.41, 5.74) is 4.04. The standard InChI is InChI=1S/C23H22N2O3/c24-13-19-8-4-7-18(9-19)10-20-11-21-15-27-16-22(12-20)25(21)23(26)28-14-17-5-2-1-3-6-17/h1-9,11,21-22H,10,12,14-16H2. The van der Waals surface area contributed by atoms with Gasteiger partial charge in [0.1, 0.15) is 6.61 Å². The largest absolute Gasteiger partial charge is 0.445 e. The molecule has 0 aromatic heterocycles. The quantitative estimate of drug-likeness (QED) is 0.763. The van der Waals surface area contributed by atoms with Gasteiger partial charge in [-0.1, -0.05) is 54.1 Å². The van der Waals surface area contributed by atoms with E-state index in [2.05, 4.69) is 12.1 Å². The number of ether oxygens (including phenoxy) is 2. The van der Waals surface area contributed by atoms with Crippen molar-refractivity contribution in [3.63, 3.8) is 0 Å². The van der Waals surface area contributed by atoms with E-state index in [1.165, 1.54) is 5.57 Å². The van der Waals surface area contributed by atoms with Crippen LogP contribution in [0.2, 0.25) is 0 Å². The Balaban J connectivity index is 1.44. The van der Waals surface area contributed by atoms with Gasteiger partial charge >= 0.3 is 6.09 Å². The molecule has 2 aliphatic rings. The molecule has 0 aliphatic carbocycles. The Hall–Kier alpha value is -3.10. The van der Waals surface area contributed by atoms with Gasteiger partial charge in [-0.05, 0) is 36.1 Å². The third-order valence-electron chi connectivity index (χ3n) is 5.18. The Morgan fingerprint density at radius 3 is 2.75 bits per heavy atom. The first-order valence-electron chi connectivity index (χ1n) is 9.48. The maximum atomic E-state index is 12.7. The van der Waals surface area contributed by atoms with Crippen LogP contribution >= 0.6 is 0 Å². The van der Waals surface area contributed by atoms with Crippen molar-refractivity contribution in [2.75, 3.05) is 13.2 Å². The van der Waals surface area contributed by atoms with Gasteiger partial charge in [0.05, 0.1) is 36.9 Å². The van der Waals surface area contributed by atoms with E-state index >= 15 is 0 Å². The molecule has 0 saturated carbocycles. The molecule has 5 heteroatoms. The lowest BCUT2D eigenvalue weighted by atomic mass is 9.90. The third kappa shape index (κ3) is 4.08. The van der Waals surface area contributed by atoms with E-state index in [0.717, 1.165) is 24.0 Å². The number of benzene rings is 2. The predicted octanol–water partition coefficient (Wildman–Crippen LogP) is 3.84. The molecule has 2 aromatic rings. The molecule has 0 N–H and O–H groups in total. The Labute approximate surface area is 164 Å².